The summed E-state index contributed by atoms with van der Waals surface area (Å²) in [6.07, 6.45) is 2.73. The first-order valence-corrected chi connectivity index (χ1v) is 10.3. The van der Waals surface area contributed by atoms with Gasteiger partial charge in [0.15, 0.2) is 11.5 Å². The van der Waals surface area contributed by atoms with E-state index in [1.54, 1.807) is 24.3 Å². The number of carbonyl (C=O) groups excluding carboxylic acids is 1. The molecule has 0 aliphatic rings. The van der Waals surface area contributed by atoms with Crippen LogP contribution in [-0.4, -0.2) is 44.7 Å². The van der Waals surface area contributed by atoms with Crippen LogP contribution in [0.3, 0.4) is 0 Å². The highest BCUT2D eigenvalue weighted by Crippen LogP contribution is 2.10. The Labute approximate surface area is 159 Å². The number of hydrogen-bond donors (Lipinski definition) is 2. The highest BCUT2D eigenvalue weighted by Gasteiger charge is 2.10. The Morgan fingerprint density at radius 3 is 2.41 bits per heavy atom. The first-order valence-electron chi connectivity index (χ1n) is 8.76. The number of sulfonamides is 1. The minimum absolute atomic E-state index is 0.0644. The average Bonchev–Trinajstić information content (AvgIpc) is 2.66. The van der Waals surface area contributed by atoms with Crippen LogP contribution in [-0.2, 0) is 16.4 Å². The van der Waals surface area contributed by atoms with Gasteiger partial charge in [-0.3, -0.25) is 4.79 Å². The zero-order valence-corrected chi connectivity index (χ0v) is 16.4. The second-order valence-electron chi connectivity index (χ2n) is 6.25. The van der Waals surface area contributed by atoms with Crippen LogP contribution in [0.15, 0.2) is 41.3 Å². The van der Waals surface area contributed by atoms with Crippen LogP contribution in [0, 0.1) is 0 Å². The van der Waals surface area contributed by atoms with Crippen molar-refractivity contribution in [3.63, 3.8) is 0 Å². The van der Waals surface area contributed by atoms with Crippen LogP contribution in [0.4, 0.5) is 5.82 Å². The number of amides is 1. The number of nitrogens with two attached hydrogens (primary N) is 1. The average molecular weight is 391 g/mol. The minimum Gasteiger partial charge on any atom is -0.358 e. The lowest BCUT2D eigenvalue weighted by Crippen LogP contribution is -2.27. The van der Waals surface area contributed by atoms with Gasteiger partial charge in [-0.25, -0.2) is 13.6 Å². The summed E-state index contributed by atoms with van der Waals surface area (Å²) in [6, 6.07) is 9.68. The summed E-state index contributed by atoms with van der Waals surface area (Å²) in [5.41, 5.74) is 1.15. The number of anilines is 1. The third kappa shape index (κ3) is 6.30. The molecule has 1 amide bonds. The molecule has 0 fully saturated rings. The van der Waals surface area contributed by atoms with Crippen LogP contribution in [0.25, 0.3) is 0 Å². The van der Waals surface area contributed by atoms with Gasteiger partial charge in [0.1, 0.15) is 0 Å². The van der Waals surface area contributed by atoms with Crippen LogP contribution in [0.5, 0.6) is 0 Å². The summed E-state index contributed by atoms with van der Waals surface area (Å²) < 4.78 is 22.5. The van der Waals surface area contributed by atoms with Crippen molar-refractivity contribution in [3.8, 4) is 0 Å². The SMILES string of the molecule is CCCCN(C)c1ccc(C(=O)NCCc2ccc(S(N)(=O)=O)cc2)nn1. The maximum atomic E-state index is 12.2. The fraction of sp³-hybridized carbons (Fsp3) is 0.389. The first-order chi connectivity index (χ1) is 12.8. The smallest absolute Gasteiger partial charge is 0.271 e. The van der Waals surface area contributed by atoms with Gasteiger partial charge in [-0.05, 0) is 42.7 Å². The van der Waals surface area contributed by atoms with E-state index >= 15 is 0 Å². The van der Waals surface area contributed by atoms with E-state index in [0.717, 1.165) is 30.8 Å². The van der Waals surface area contributed by atoms with Gasteiger partial charge in [0.05, 0.1) is 4.90 Å². The Balaban J connectivity index is 1.85. The minimum atomic E-state index is -3.69. The maximum absolute atomic E-state index is 12.2. The summed E-state index contributed by atoms with van der Waals surface area (Å²) in [7, 11) is -1.75. The summed E-state index contributed by atoms with van der Waals surface area (Å²) >= 11 is 0. The number of benzene rings is 1. The molecule has 0 bridgehead atoms. The molecular weight excluding hydrogens is 366 g/mol. The lowest BCUT2D eigenvalue weighted by atomic mass is 10.1. The predicted octanol–water partition coefficient (Wildman–Crippen LogP) is 1.33. The molecule has 3 N–H and O–H groups in total. The van der Waals surface area contributed by atoms with Crippen LogP contribution in [0.2, 0.25) is 0 Å². The van der Waals surface area contributed by atoms with Crippen molar-refractivity contribution >= 4 is 21.7 Å². The van der Waals surface area contributed by atoms with Crippen molar-refractivity contribution in [2.45, 2.75) is 31.1 Å². The number of rotatable bonds is 9. The van der Waals surface area contributed by atoms with E-state index in [9.17, 15) is 13.2 Å². The Morgan fingerprint density at radius 1 is 1.15 bits per heavy atom. The molecule has 146 valence electrons. The number of carbonyl (C=O) groups is 1. The van der Waals surface area contributed by atoms with Crippen LogP contribution >= 0.6 is 0 Å². The molecule has 1 heterocycles. The summed E-state index contributed by atoms with van der Waals surface area (Å²) in [4.78, 5) is 14.2. The fourth-order valence-corrected chi connectivity index (χ4v) is 2.93. The monoisotopic (exact) mass is 391 g/mol. The molecule has 8 nitrogen and oxygen atoms in total. The Morgan fingerprint density at radius 2 is 1.85 bits per heavy atom. The van der Waals surface area contributed by atoms with Gasteiger partial charge in [-0.2, -0.15) is 0 Å². The lowest BCUT2D eigenvalue weighted by Gasteiger charge is -2.16. The Bertz CT molecular complexity index is 852. The molecular formula is C18H25N5O3S. The zero-order chi connectivity index (χ0) is 19.9. The largest absolute Gasteiger partial charge is 0.358 e. The standard InChI is InChI=1S/C18H25N5O3S/c1-3-4-13-23(2)17-10-9-16(21-22-17)18(24)20-12-11-14-5-7-15(8-6-14)27(19,25)26/h5-10H,3-4,11-13H2,1-2H3,(H,20,24)(H2,19,25,26). The molecule has 2 rings (SSSR count). The second-order valence-corrected chi connectivity index (χ2v) is 7.81. The lowest BCUT2D eigenvalue weighted by molar-refractivity contribution is 0.0948. The molecule has 0 radical (unpaired) electrons. The fourth-order valence-electron chi connectivity index (χ4n) is 2.42. The maximum Gasteiger partial charge on any atom is 0.271 e. The molecule has 0 saturated carbocycles. The highest BCUT2D eigenvalue weighted by molar-refractivity contribution is 7.89. The molecule has 1 aromatic carbocycles. The third-order valence-electron chi connectivity index (χ3n) is 4.07. The number of nitrogens with one attached hydrogen (secondary N) is 1. The van der Waals surface area contributed by atoms with Crippen LogP contribution < -0.4 is 15.4 Å². The van der Waals surface area contributed by atoms with Gasteiger partial charge >= 0.3 is 0 Å². The molecule has 0 spiro atoms. The van der Waals surface area contributed by atoms with E-state index in [0.29, 0.717) is 13.0 Å². The van der Waals surface area contributed by atoms with E-state index in [4.69, 9.17) is 5.14 Å². The molecule has 0 unspecified atom stereocenters. The summed E-state index contributed by atoms with van der Waals surface area (Å²) in [5.74, 6) is 0.432. The van der Waals surface area contributed by atoms with Gasteiger partial charge < -0.3 is 10.2 Å². The normalized spacial score (nSPS) is 11.2. The van der Waals surface area contributed by atoms with Crippen molar-refractivity contribution in [1.29, 1.82) is 0 Å². The number of unbranched alkanes of at least 4 members (excludes halogenated alkanes) is 1. The molecule has 9 heteroatoms. The number of aromatic nitrogens is 2. The molecule has 2 aromatic rings. The summed E-state index contributed by atoms with van der Waals surface area (Å²) in [5, 5.41) is 15.9. The van der Waals surface area contributed by atoms with E-state index < -0.39 is 10.0 Å². The molecule has 1 aromatic heterocycles. The van der Waals surface area contributed by atoms with E-state index in [2.05, 4.69) is 22.4 Å². The van der Waals surface area contributed by atoms with Crippen molar-refractivity contribution in [2.24, 2.45) is 5.14 Å². The molecule has 0 saturated heterocycles. The van der Waals surface area contributed by atoms with Crippen molar-refractivity contribution in [3.05, 3.63) is 47.7 Å². The predicted molar refractivity (Wildman–Crippen MR) is 104 cm³/mol. The van der Waals surface area contributed by atoms with Crippen molar-refractivity contribution in [2.75, 3.05) is 25.0 Å². The molecule has 0 aliphatic carbocycles. The first kappa shape index (κ1) is 20.8. The van der Waals surface area contributed by atoms with Gasteiger partial charge in [0, 0.05) is 20.1 Å². The van der Waals surface area contributed by atoms with Gasteiger partial charge in [0.25, 0.3) is 5.91 Å². The van der Waals surface area contributed by atoms with Crippen molar-refractivity contribution < 1.29 is 13.2 Å². The van der Waals surface area contributed by atoms with E-state index in [1.807, 2.05) is 11.9 Å². The van der Waals surface area contributed by atoms with Gasteiger partial charge in [-0.1, -0.05) is 25.5 Å². The van der Waals surface area contributed by atoms with Crippen molar-refractivity contribution in [1.82, 2.24) is 15.5 Å². The highest BCUT2D eigenvalue weighted by atomic mass is 32.2. The van der Waals surface area contributed by atoms with Gasteiger partial charge in [-0.15, -0.1) is 10.2 Å². The molecule has 27 heavy (non-hydrogen) atoms. The number of hydrogen-bond acceptors (Lipinski definition) is 6. The quantitative estimate of drug-likeness (QED) is 0.666. The topological polar surface area (TPSA) is 118 Å². The van der Waals surface area contributed by atoms with Crippen LogP contribution in [0.1, 0.15) is 35.8 Å². The molecule has 0 atom stereocenters. The summed E-state index contributed by atoms with van der Waals surface area (Å²) in [6.45, 7) is 3.41. The van der Waals surface area contributed by atoms with E-state index in [-0.39, 0.29) is 16.5 Å². The third-order valence-corrected chi connectivity index (χ3v) is 5.00. The van der Waals surface area contributed by atoms with E-state index in [1.165, 1.54) is 12.1 Å². The Hall–Kier alpha value is -2.52. The second kappa shape index (κ2) is 9.43. The zero-order valence-electron chi connectivity index (χ0n) is 15.6. The molecule has 0 aliphatic heterocycles. The number of nitrogens with zero attached hydrogens (tertiary/aromatic N) is 3. The Kier molecular flexibility index (Phi) is 7.26. The number of primary sulfonamides is 1. The van der Waals surface area contributed by atoms with Gasteiger partial charge in [0.2, 0.25) is 10.0 Å².